The number of halogens is 2. The molecule has 0 aliphatic rings. The smallest absolute Gasteiger partial charge is 0.303 e. The van der Waals surface area contributed by atoms with Crippen molar-refractivity contribution >= 4 is 18.1 Å². The number of hydrogen-bond donors (Lipinski definition) is 1. The van der Waals surface area contributed by atoms with Crippen LogP contribution in [0.15, 0.2) is 57.8 Å². The lowest BCUT2D eigenvalue weighted by Crippen LogP contribution is -2.48. The summed E-state index contributed by atoms with van der Waals surface area (Å²) in [6, 6.07) is 11.6. The molecule has 1 N–H and O–H groups in total. The van der Waals surface area contributed by atoms with Gasteiger partial charge in [-0.3, -0.25) is 14.2 Å². The zero-order valence-corrected chi connectivity index (χ0v) is 20.7. The highest BCUT2D eigenvalue weighted by Gasteiger charge is 2.12. The van der Waals surface area contributed by atoms with Crippen LogP contribution < -0.4 is 16.1 Å². The molecule has 0 aliphatic heterocycles. The Morgan fingerprint density at radius 3 is 2.37 bits per heavy atom. The molecule has 8 nitrogen and oxygen atoms in total. The summed E-state index contributed by atoms with van der Waals surface area (Å²) in [7, 11) is 0. The van der Waals surface area contributed by atoms with Crippen molar-refractivity contribution in [3.05, 3.63) is 104 Å². The molecule has 2 heterocycles. The first-order valence-electron chi connectivity index (χ1n) is 12.2. The third kappa shape index (κ3) is 6.64. The minimum atomic E-state index is -0.891. The summed E-state index contributed by atoms with van der Waals surface area (Å²) >= 11 is 0. The van der Waals surface area contributed by atoms with Crippen LogP contribution in [0.25, 0.3) is 17.8 Å². The van der Waals surface area contributed by atoms with E-state index in [1.165, 1.54) is 41.0 Å². The first kappa shape index (κ1) is 26.6. The Morgan fingerprint density at radius 2 is 1.71 bits per heavy atom. The molecule has 0 amide bonds. The van der Waals surface area contributed by atoms with Gasteiger partial charge in [0.25, 0.3) is 5.56 Å². The van der Waals surface area contributed by atoms with Crippen LogP contribution in [0.5, 0.6) is 0 Å². The van der Waals surface area contributed by atoms with E-state index < -0.39 is 11.8 Å². The largest absolute Gasteiger partial charge is 0.481 e. The molecule has 2 aromatic heterocycles. The van der Waals surface area contributed by atoms with Crippen LogP contribution in [0.1, 0.15) is 49.3 Å². The average Bonchev–Trinajstić information content (AvgIpc) is 3.34. The summed E-state index contributed by atoms with van der Waals surface area (Å²) in [6.45, 7) is 1.73. The van der Waals surface area contributed by atoms with Crippen molar-refractivity contribution in [3.63, 3.8) is 0 Å². The first-order chi connectivity index (χ1) is 18.3. The monoisotopic (exact) mass is 520 g/mol. The van der Waals surface area contributed by atoms with Crippen molar-refractivity contribution in [2.24, 2.45) is 0 Å². The number of nitrogens with zero attached hydrogens (tertiary/aromatic N) is 4. The molecule has 2 aromatic carbocycles. The number of aryl methyl sites for hydroxylation is 1. The number of carboxylic acid groups (broad SMARTS) is 1. The van der Waals surface area contributed by atoms with E-state index in [1.807, 2.05) is 0 Å². The number of benzene rings is 2. The fraction of sp³-hybridized carbons (Fsp3) is 0.250. The van der Waals surface area contributed by atoms with Gasteiger partial charge in [-0.25, -0.2) is 13.8 Å². The molecule has 4 rings (SSSR count). The summed E-state index contributed by atoms with van der Waals surface area (Å²) in [5.41, 5.74) is 0.973. The number of hydrogen-bond acceptors (Lipinski definition) is 6. The lowest BCUT2D eigenvalue weighted by atomic mass is 10.1. The van der Waals surface area contributed by atoms with Gasteiger partial charge in [0.2, 0.25) is 5.89 Å². The van der Waals surface area contributed by atoms with Gasteiger partial charge < -0.3 is 9.63 Å². The lowest BCUT2D eigenvalue weighted by molar-refractivity contribution is -0.137. The quantitative estimate of drug-likeness (QED) is 0.320. The van der Waals surface area contributed by atoms with Gasteiger partial charge >= 0.3 is 5.97 Å². The Balaban J connectivity index is 1.66. The Hall–Kier alpha value is -4.47. The van der Waals surface area contributed by atoms with Gasteiger partial charge in [0, 0.05) is 19.3 Å². The van der Waals surface area contributed by atoms with Crippen LogP contribution in [-0.2, 0) is 24.1 Å². The van der Waals surface area contributed by atoms with E-state index in [4.69, 9.17) is 14.6 Å². The van der Waals surface area contributed by atoms with E-state index in [1.54, 1.807) is 31.2 Å². The van der Waals surface area contributed by atoms with Crippen LogP contribution in [0.2, 0.25) is 0 Å². The van der Waals surface area contributed by atoms with Gasteiger partial charge in [0.05, 0.1) is 22.7 Å². The van der Waals surface area contributed by atoms with Crippen LogP contribution in [0, 0.1) is 11.6 Å². The van der Waals surface area contributed by atoms with E-state index in [0.717, 1.165) is 5.56 Å². The first-order valence-corrected chi connectivity index (χ1v) is 12.2. The summed E-state index contributed by atoms with van der Waals surface area (Å²) in [5.74, 6) is -0.429. The zero-order valence-electron chi connectivity index (χ0n) is 20.7. The number of rotatable bonds is 10. The number of unbranched alkanes of at least 4 members (excludes halogenated alkanes) is 1. The molecular formula is C28H26F2N4O4. The average molecular weight is 521 g/mol. The van der Waals surface area contributed by atoms with Gasteiger partial charge in [0.15, 0.2) is 5.82 Å². The second-order valence-electron chi connectivity index (χ2n) is 8.65. The third-order valence-corrected chi connectivity index (χ3v) is 5.89. The van der Waals surface area contributed by atoms with E-state index in [9.17, 15) is 18.4 Å². The van der Waals surface area contributed by atoms with Crippen molar-refractivity contribution in [1.82, 2.24) is 19.7 Å². The molecule has 0 aliphatic carbocycles. The van der Waals surface area contributed by atoms with Gasteiger partial charge in [-0.05, 0) is 61.7 Å². The zero-order chi connectivity index (χ0) is 27.1. The number of carboxylic acids is 1. The van der Waals surface area contributed by atoms with Crippen molar-refractivity contribution in [1.29, 1.82) is 0 Å². The molecule has 4 aromatic rings. The lowest BCUT2D eigenvalue weighted by Gasteiger charge is -2.13. The Labute approximate surface area is 216 Å². The molecule has 10 heteroatoms. The highest BCUT2D eigenvalue weighted by atomic mass is 19.1. The molecule has 0 spiro atoms. The fourth-order valence-corrected chi connectivity index (χ4v) is 4.02. The molecule has 0 atom stereocenters. The number of aliphatic carboxylic acids is 1. The normalized spacial score (nSPS) is 12.3. The van der Waals surface area contributed by atoms with E-state index in [2.05, 4.69) is 10.1 Å². The summed E-state index contributed by atoms with van der Waals surface area (Å²) < 4.78 is 33.4. The van der Waals surface area contributed by atoms with E-state index in [-0.39, 0.29) is 24.2 Å². The van der Waals surface area contributed by atoms with Crippen molar-refractivity contribution < 1.29 is 23.2 Å². The van der Waals surface area contributed by atoms with Gasteiger partial charge in [-0.1, -0.05) is 29.4 Å². The molecule has 0 radical (unpaired) electrons. The molecule has 0 unspecified atom stereocenters. The minimum Gasteiger partial charge on any atom is -0.481 e. The third-order valence-electron chi connectivity index (χ3n) is 5.89. The molecule has 0 fully saturated rings. The second-order valence-corrected chi connectivity index (χ2v) is 8.65. The highest BCUT2D eigenvalue weighted by Crippen LogP contribution is 2.11. The SMILES string of the molecule is CC=c1c(=CCc2noc(Cc3ccc(F)cc3)n2)nc(CCCCC(=O)O)n(-c2ccc(F)cc2)c1=O. The predicted octanol–water partition coefficient (Wildman–Crippen LogP) is 3.11. The van der Waals surface area contributed by atoms with Crippen LogP contribution >= 0.6 is 0 Å². The standard InChI is InChI=1S/C28H26F2N4O4/c1-2-22-23(15-16-24-32-26(38-33-24)17-18-7-9-19(29)10-8-18)31-25(5-3-4-6-27(35)36)34(28(22)37)21-13-11-20(30)12-14-21/h2,7-15H,3-6,16-17H2,1H3,(H,35,36). The number of carbonyl (C=O) groups is 1. The van der Waals surface area contributed by atoms with E-state index in [0.29, 0.717) is 59.5 Å². The minimum absolute atomic E-state index is 0.0126. The molecule has 38 heavy (non-hydrogen) atoms. The Bertz CT molecular complexity index is 1590. The fourth-order valence-electron chi connectivity index (χ4n) is 4.02. The molecule has 0 saturated carbocycles. The summed E-state index contributed by atoms with van der Waals surface area (Å²) in [4.78, 5) is 33.5. The maximum Gasteiger partial charge on any atom is 0.303 e. The molecule has 0 saturated heterocycles. The summed E-state index contributed by atoms with van der Waals surface area (Å²) in [5, 5.41) is 13.7. The van der Waals surface area contributed by atoms with Crippen molar-refractivity contribution in [2.45, 2.75) is 45.4 Å². The highest BCUT2D eigenvalue weighted by molar-refractivity contribution is 5.66. The Kier molecular flexibility index (Phi) is 8.52. The van der Waals surface area contributed by atoms with Crippen LogP contribution in [0.4, 0.5) is 8.78 Å². The van der Waals surface area contributed by atoms with E-state index >= 15 is 0 Å². The van der Waals surface area contributed by atoms with Crippen LogP contribution in [-0.4, -0.2) is 30.8 Å². The van der Waals surface area contributed by atoms with Crippen molar-refractivity contribution in [3.8, 4) is 5.69 Å². The molecule has 0 bridgehead atoms. The van der Waals surface area contributed by atoms with Gasteiger partial charge in [-0.2, -0.15) is 4.98 Å². The van der Waals surface area contributed by atoms with Gasteiger partial charge in [0.1, 0.15) is 17.5 Å². The number of aromatic nitrogens is 4. The van der Waals surface area contributed by atoms with Crippen molar-refractivity contribution in [2.75, 3.05) is 0 Å². The maximum atomic E-state index is 13.5. The molecule has 196 valence electrons. The Morgan fingerprint density at radius 1 is 1.03 bits per heavy atom. The van der Waals surface area contributed by atoms with Crippen LogP contribution in [0.3, 0.4) is 0 Å². The maximum absolute atomic E-state index is 13.5. The molecular weight excluding hydrogens is 494 g/mol. The van der Waals surface area contributed by atoms with Gasteiger partial charge in [-0.15, -0.1) is 0 Å². The topological polar surface area (TPSA) is 111 Å². The predicted molar refractivity (Wildman–Crippen MR) is 136 cm³/mol. The second kappa shape index (κ2) is 12.2. The summed E-state index contributed by atoms with van der Waals surface area (Å²) in [6.07, 6.45) is 5.30.